The maximum atomic E-state index is 12.7. The van der Waals surface area contributed by atoms with E-state index in [2.05, 4.69) is 4.72 Å². The van der Waals surface area contributed by atoms with Gasteiger partial charge in [0.15, 0.2) is 0 Å². The number of aryl methyl sites for hydroxylation is 1. The number of ether oxygens (including phenoxy) is 2. The van der Waals surface area contributed by atoms with Crippen LogP contribution in [-0.4, -0.2) is 26.7 Å². The van der Waals surface area contributed by atoms with Gasteiger partial charge in [0.1, 0.15) is 29.4 Å². The molecule has 0 spiro atoms. The SMILES string of the molecule is COc1ccccc1COc1ccc2oc(C)c(C(=O)NS(=O)(=O)C3CC3)c2c1. The van der Waals surface area contributed by atoms with E-state index in [1.807, 2.05) is 24.3 Å². The number of amides is 1. The Bertz CT molecular complexity index is 1180. The van der Waals surface area contributed by atoms with Crippen molar-refractivity contribution in [1.82, 2.24) is 4.72 Å². The summed E-state index contributed by atoms with van der Waals surface area (Å²) >= 11 is 0. The van der Waals surface area contributed by atoms with Crippen molar-refractivity contribution in [3.63, 3.8) is 0 Å². The second-order valence-corrected chi connectivity index (χ2v) is 8.93. The molecule has 1 heterocycles. The Hall–Kier alpha value is -3.00. The molecule has 1 N–H and O–H groups in total. The molecule has 1 aliphatic carbocycles. The molecular weight excluding hydrogens is 394 g/mol. The predicted octanol–water partition coefficient (Wildman–Crippen LogP) is 3.55. The molecule has 2 aromatic carbocycles. The molecule has 0 unspecified atom stereocenters. The molecule has 152 valence electrons. The fourth-order valence-electron chi connectivity index (χ4n) is 3.20. The lowest BCUT2D eigenvalue weighted by molar-refractivity contribution is 0.0981. The maximum Gasteiger partial charge on any atom is 0.268 e. The number of benzene rings is 2. The third-order valence-electron chi connectivity index (χ3n) is 4.85. The molecule has 0 aliphatic heterocycles. The predicted molar refractivity (Wildman–Crippen MR) is 108 cm³/mol. The van der Waals surface area contributed by atoms with Crippen LogP contribution in [0.2, 0.25) is 0 Å². The summed E-state index contributed by atoms with van der Waals surface area (Å²) in [6, 6.07) is 12.6. The molecule has 0 bridgehead atoms. The van der Waals surface area contributed by atoms with Gasteiger partial charge < -0.3 is 13.9 Å². The lowest BCUT2D eigenvalue weighted by Crippen LogP contribution is -2.33. The molecule has 7 nitrogen and oxygen atoms in total. The highest BCUT2D eigenvalue weighted by molar-refractivity contribution is 7.91. The summed E-state index contributed by atoms with van der Waals surface area (Å²) in [5.74, 6) is 0.918. The highest BCUT2D eigenvalue weighted by Crippen LogP contribution is 2.31. The molecular formula is C21H21NO6S. The van der Waals surface area contributed by atoms with Crippen LogP contribution in [-0.2, 0) is 16.6 Å². The zero-order chi connectivity index (χ0) is 20.6. The lowest BCUT2D eigenvalue weighted by Gasteiger charge is -2.10. The van der Waals surface area contributed by atoms with Gasteiger partial charge in [0.2, 0.25) is 10.0 Å². The highest BCUT2D eigenvalue weighted by Gasteiger charge is 2.37. The normalized spacial score (nSPS) is 14.0. The summed E-state index contributed by atoms with van der Waals surface area (Å²) in [7, 11) is -2.05. The van der Waals surface area contributed by atoms with E-state index in [4.69, 9.17) is 13.9 Å². The minimum atomic E-state index is -3.65. The van der Waals surface area contributed by atoms with Crippen molar-refractivity contribution in [2.24, 2.45) is 0 Å². The number of carbonyl (C=O) groups is 1. The molecule has 3 aromatic rings. The summed E-state index contributed by atoms with van der Waals surface area (Å²) in [6.07, 6.45) is 1.16. The summed E-state index contributed by atoms with van der Waals surface area (Å²) in [5, 5.41) is 0.0215. The molecule has 1 aliphatic rings. The molecule has 0 atom stereocenters. The number of sulfonamides is 1. The van der Waals surface area contributed by atoms with Crippen molar-refractivity contribution in [3.05, 3.63) is 59.4 Å². The van der Waals surface area contributed by atoms with Crippen molar-refractivity contribution < 1.29 is 27.1 Å². The summed E-state index contributed by atoms with van der Waals surface area (Å²) in [4.78, 5) is 12.7. The third kappa shape index (κ3) is 3.93. The molecule has 1 fully saturated rings. The molecule has 29 heavy (non-hydrogen) atoms. The number of para-hydroxylation sites is 1. The van der Waals surface area contributed by atoms with Gasteiger partial charge >= 0.3 is 0 Å². The van der Waals surface area contributed by atoms with Crippen LogP contribution in [0.1, 0.15) is 34.5 Å². The molecule has 1 aromatic heterocycles. The van der Waals surface area contributed by atoms with Gasteiger partial charge in [-0.3, -0.25) is 4.79 Å². The van der Waals surface area contributed by atoms with E-state index in [1.54, 1.807) is 32.2 Å². The fraction of sp³-hybridized carbons (Fsp3) is 0.286. The maximum absolute atomic E-state index is 12.7. The molecule has 4 rings (SSSR count). The fourth-order valence-corrected chi connectivity index (χ4v) is 4.48. The summed E-state index contributed by atoms with van der Waals surface area (Å²) in [6.45, 7) is 1.91. The van der Waals surface area contributed by atoms with Gasteiger partial charge in [0.05, 0.1) is 17.9 Å². The first kappa shape index (κ1) is 19.3. The summed E-state index contributed by atoms with van der Waals surface area (Å²) < 4.78 is 43.3. The first-order chi connectivity index (χ1) is 13.9. The van der Waals surface area contributed by atoms with Gasteiger partial charge in [-0.1, -0.05) is 18.2 Å². The smallest absolute Gasteiger partial charge is 0.268 e. The Morgan fingerprint density at radius 1 is 1.21 bits per heavy atom. The van der Waals surface area contributed by atoms with Crippen LogP contribution in [0.4, 0.5) is 0 Å². The Balaban J connectivity index is 1.60. The van der Waals surface area contributed by atoms with E-state index in [0.717, 1.165) is 11.3 Å². The van der Waals surface area contributed by atoms with Gasteiger partial charge in [-0.05, 0) is 44.0 Å². The van der Waals surface area contributed by atoms with Crippen LogP contribution in [0.5, 0.6) is 11.5 Å². The van der Waals surface area contributed by atoms with Crippen LogP contribution in [0.3, 0.4) is 0 Å². The van der Waals surface area contributed by atoms with Gasteiger partial charge in [-0.15, -0.1) is 0 Å². The number of hydrogen-bond donors (Lipinski definition) is 1. The first-order valence-corrected chi connectivity index (χ1v) is 10.8. The van der Waals surface area contributed by atoms with E-state index in [-0.39, 0.29) is 12.2 Å². The van der Waals surface area contributed by atoms with Gasteiger partial charge in [-0.2, -0.15) is 0 Å². The molecule has 0 radical (unpaired) electrons. The zero-order valence-corrected chi connectivity index (χ0v) is 16.9. The van der Waals surface area contributed by atoms with Crippen molar-refractivity contribution in [3.8, 4) is 11.5 Å². The standard InChI is InChI=1S/C21H21NO6S/c1-13-20(21(23)22-29(24,25)16-8-9-16)17-11-15(7-10-19(17)28-13)27-12-14-5-3-4-6-18(14)26-2/h3-7,10-11,16H,8-9,12H2,1-2H3,(H,22,23). The number of hydrogen-bond acceptors (Lipinski definition) is 6. The lowest BCUT2D eigenvalue weighted by atomic mass is 10.1. The van der Waals surface area contributed by atoms with Crippen LogP contribution in [0.25, 0.3) is 11.0 Å². The quantitative estimate of drug-likeness (QED) is 0.634. The number of carbonyl (C=O) groups excluding carboxylic acids is 1. The van der Waals surface area contributed by atoms with Crippen molar-refractivity contribution in [2.75, 3.05) is 7.11 Å². The van der Waals surface area contributed by atoms with Crippen LogP contribution in [0, 0.1) is 6.92 Å². The monoisotopic (exact) mass is 415 g/mol. The topological polar surface area (TPSA) is 94.8 Å². The van der Waals surface area contributed by atoms with E-state index in [0.29, 0.717) is 35.3 Å². The minimum Gasteiger partial charge on any atom is -0.496 e. The largest absolute Gasteiger partial charge is 0.496 e. The Morgan fingerprint density at radius 2 is 1.97 bits per heavy atom. The number of methoxy groups -OCH3 is 1. The number of rotatable bonds is 7. The van der Waals surface area contributed by atoms with E-state index in [9.17, 15) is 13.2 Å². The second kappa shape index (κ2) is 7.44. The van der Waals surface area contributed by atoms with Gasteiger partial charge in [0, 0.05) is 10.9 Å². The van der Waals surface area contributed by atoms with Gasteiger partial charge in [0.25, 0.3) is 5.91 Å². The Labute approximate surface area is 168 Å². The number of nitrogens with one attached hydrogen (secondary N) is 1. The third-order valence-corrected chi connectivity index (χ3v) is 6.67. The average Bonchev–Trinajstić information content (AvgIpc) is 3.49. The highest BCUT2D eigenvalue weighted by atomic mass is 32.2. The Morgan fingerprint density at radius 3 is 2.69 bits per heavy atom. The summed E-state index contributed by atoms with van der Waals surface area (Å²) in [5.41, 5.74) is 1.57. The minimum absolute atomic E-state index is 0.201. The first-order valence-electron chi connectivity index (χ1n) is 9.23. The van der Waals surface area contributed by atoms with Crippen LogP contribution in [0.15, 0.2) is 46.9 Å². The molecule has 1 saturated carbocycles. The van der Waals surface area contributed by atoms with Crippen LogP contribution < -0.4 is 14.2 Å². The van der Waals surface area contributed by atoms with E-state index in [1.165, 1.54) is 0 Å². The van der Waals surface area contributed by atoms with Crippen molar-refractivity contribution in [2.45, 2.75) is 31.6 Å². The molecule has 8 heteroatoms. The van der Waals surface area contributed by atoms with Crippen molar-refractivity contribution in [1.29, 1.82) is 0 Å². The van der Waals surface area contributed by atoms with E-state index < -0.39 is 21.2 Å². The van der Waals surface area contributed by atoms with Crippen LogP contribution >= 0.6 is 0 Å². The number of furan rings is 1. The molecule has 1 amide bonds. The zero-order valence-electron chi connectivity index (χ0n) is 16.1. The van der Waals surface area contributed by atoms with Gasteiger partial charge in [-0.25, -0.2) is 13.1 Å². The Kier molecular flexibility index (Phi) is 4.96. The van der Waals surface area contributed by atoms with E-state index >= 15 is 0 Å². The average molecular weight is 415 g/mol. The number of fused-ring (bicyclic) bond motifs is 1. The van der Waals surface area contributed by atoms with Crippen molar-refractivity contribution >= 4 is 26.9 Å². The molecule has 0 saturated heterocycles. The second-order valence-electron chi connectivity index (χ2n) is 6.97.